The summed E-state index contributed by atoms with van der Waals surface area (Å²) < 4.78 is 1.78. The van der Waals surface area contributed by atoms with E-state index in [1.807, 2.05) is 67.0 Å². The molecule has 0 saturated carbocycles. The molecule has 3 rings (SSSR count). The van der Waals surface area contributed by atoms with E-state index in [1.54, 1.807) is 28.7 Å². The second-order valence-electron chi connectivity index (χ2n) is 5.10. The number of carbonyl (C=O) groups is 1. The Morgan fingerprint density at radius 3 is 2.58 bits per heavy atom. The highest BCUT2D eigenvalue weighted by atomic mass is 32.2. The molecule has 0 unspecified atom stereocenters. The minimum atomic E-state index is -0.167. The van der Waals surface area contributed by atoms with Crippen molar-refractivity contribution in [2.24, 2.45) is 0 Å². The molecule has 0 saturated heterocycles. The maximum atomic E-state index is 12.0. The van der Waals surface area contributed by atoms with Crippen molar-refractivity contribution in [1.29, 1.82) is 0 Å². The maximum Gasteiger partial charge on any atom is 0.248 e. The molecular formula is C19H17N3OS. The van der Waals surface area contributed by atoms with Crippen molar-refractivity contribution in [2.75, 3.05) is 11.6 Å². The molecule has 5 heteroatoms. The number of amides is 1. The molecule has 2 aromatic carbocycles. The van der Waals surface area contributed by atoms with Crippen LogP contribution < -0.4 is 5.32 Å². The quantitative estimate of drug-likeness (QED) is 0.560. The molecule has 120 valence electrons. The van der Waals surface area contributed by atoms with Gasteiger partial charge in [0.15, 0.2) is 0 Å². The molecule has 0 aliphatic rings. The summed E-state index contributed by atoms with van der Waals surface area (Å²) in [5, 5.41) is 7.14. The minimum absolute atomic E-state index is 0.167. The zero-order valence-electron chi connectivity index (χ0n) is 13.2. The number of para-hydroxylation sites is 1. The van der Waals surface area contributed by atoms with Gasteiger partial charge in [0.2, 0.25) is 5.91 Å². The lowest BCUT2D eigenvalue weighted by Gasteiger charge is -2.02. The van der Waals surface area contributed by atoms with Gasteiger partial charge < -0.3 is 5.32 Å². The standard InChI is InChI=1S/C19H17N3OS/c1-24-18-10-8-16(9-11-18)21-19(23)12-7-15-13-20-22(14-15)17-5-3-2-4-6-17/h2-14H,1H3,(H,21,23)/b12-7+. The molecule has 0 radical (unpaired) electrons. The van der Waals surface area contributed by atoms with Gasteiger partial charge in [-0.1, -0.05) is 18.2 Å². The number of benzene rings is 2. The largest absolute Gasteiger partial charge is 0.323 e. The molecule has 0 aliphatic carbocycles. The van der Waals surface area contributed by atoms with E-state index in [9.17, 15) is 4.79 Å². The maximum absolute atomic E-state index is 12.0. The average Bonchev–Trinajstić information content (AvgIpc) is 3.10. The molecular weight excluding hydrogens is 318 g/mol. The first-order valence-electron chi connectivity index (χ1n) is 7.48. The highest BCUT2D eigenvalue weighted by Crippen LogP contribution is 2.17. The topological polar surface area (TPSA) is 46.9 Å². The van der Waals surface area contributed by atoms with E-state index in [4.69, 9.17) is 0 Å². The van der Waals surface area contributed by atoms with Crippen molar-refractivity contribution >= 4 is 29.4 Å². The molecule has 0 atom stereocenters. The number of nitrogens with zero attached hydrogens (tertiary/aromatic N) is 2. The van der Waals surface area contributed by atoms with E-state index < -0.39 is 0 Å². The van der Waals surface area contributed by atoms with Crippen LogP contribution in [0.1, 0.15) is 5.56 Å². The van der Waals surface area contributed by atoms with Crippen LogP contribution >= 0.6 is 11.8 Å². The summed E-state index contributed by atoms with van der Waals surface area (Å²) in [6.07, 6.45) is 8.88. The summed E-state index contributed by atoms with van der Waals surface area (Å²) in [5.41, 5.74) is 2.63. The molecule has 1 amide bonds. The first-order valence-corrected chi connectivity index (χ1v) is 8.70. The van der Waals surface area contributed by atoms with E-state index in [0.29, 0.717) is 0 Å². The third-order valence-electron chi connectivity index (χ3n) is 3.41. The molecule has 1 aromatic heterocycles. The van der Waals surface area contributed by atoms with Gasteiger partial charge in [0.05, 0.1) is 11.9 Å². The lowest BCUT2D eigenvalue weighted by molar-refractivity contribution is -0.111. The Labute approximate surface area is 145 Å². The Bertz CT molecular complexity index is 839. The van der Waals surface area contributed by atoms with Crippen LogP contribution in [0.3, 0.4) is 0 Å². The number of anilines is 1. The van der Waals surface area contributed by atoms with Crippen molar-refractivity contribution in [3.05, 3.63) is 78.6 Å². The monoisotopic (exact) mass is 335 g/mol. The highest BCUT2D eigenvalue weighted by Gasteiger charge is 2.00. The third-order valence-corrected chi connectivity index (χ3v) is 4.15. The van der Waals surface area contributed by atoms with Gasteiger partial charge in [0, 0.05) is 28.4 Å². The van der Waals surface area contributed by atoms with Gasteiger partial charge in [0.25, 0.3) is 0 Å². The van der Waals surface area contributed by atoms with Crippen LogP contribution in [-0.2, 0) is 4.79 Å². The van der Waals surface area contributed by atoms with E-state index in [-0.39, 0.29) is 5.91 Å². The van der Waals surface area contributed by atoms with Gasteiger partial charge >= 0.3 is 0 Å². The number of nitrogens with one attached hydrogen (secondary N) is 1. The molecule has 0 spiro atoms. The Hall–Kier alpha value is -2.79. The van der Waals surface area contributed by atoms with Crippen molar-refractivity contribution in [1.82, 2.24) is 9.78 Å². The van der Waals surface area contributed by atoms with Crippen LogP contribution in [0, 0.1) is 0 Å². The van der Waals surface area contributed by atoms with Gasteiger partial charge in [-0.25, -0.2) is 4.68 Å². The molecule has 3 aromatic rings. The van der Waals surface area contributed by atoms with Crippen LogP contribution in [0.15, 0.2) is 78.0 Å². The molecule has 0 fully saturated rings. The van der Waals surface area contributed by atoms with Crippen molar-refractivity contribution in [3.8, 4) is 5.69 Å². The summed E-state index contributed by atoms with van der Waals surface area (Å²) in [4.78, 5) is 13.2. The van der Waals surface area contributed by atoms with Crippen LogP contribution in [0.25, 0.3) is 11.8 Å². The van der Waals surface area contributed by atoms with E-state index in [2.05, 4.69) is 10.4 Å². The number of hydrogen-bond acceptors (Lipinski definition) is 3. The Kier molecular flexibility index (Phi) is 5.13. The minimum Gasteiger partial charge on any atom is -0.323 e. The van der Waals surface area contributed by atoms with E-state index in [1.165, 1.54) is 6.08 Å². The van der Waals surface area contributed by atoms with Gasteiger partial charge in [-0.2, -0.15) is 5.10 Å². The van der Waals surface area contributed by atoms with Crippen molar-refractivity contribution in [2.45, 2.75) is 4.90 Å². The average molecular weight is 335 g/mol. The SMILES string of the molecule is CSc1ccc(NC(=O)/C=C/c2cnn(-c3ccccc3)c2)cc1. The molecule has 0 bridgehead atoms. The Balaban J connectivity index is 1.63. The van der Waals surface area contributed by atoms with Crippen LogP contribution in [0.2, 0.25) is 0 Å². The number of thioether (sulfide) groups is 1. The molecule has 0 aliphatic heterocycles. The number of aromatic nitrogens is 2. The Morgan fingerprint density at radius 1 is 1.12 bits per heavy atom. The summed E-state index contributed by atoms with van der Waals surface area (Å²) in [6, 6.07) is 17.6. The number of hydrogen-bond donors (Lipinski definition) is 1. The third kappa shape index (κ3) is 4.14. The zero-order chi connectivity index (χ0) is 16.8. The fourth-order valence-corrected chi connectivity index (χ4v) is 2.58. The number of carbonyl (C=O) groups excluding carboxylic acids is 1. The first kappa shape index (κ1) is 16.1. The van der Waals surface area contributed by atoms with Crippen LogP contribution in [0.4, 0.5) is 5.69 Å². The first-order chi connectivity index (χ1) is 11.7. The predicted octanol–water partition coefficient (Wildman–Crippen LogP) is 4.25. The lowest BCUT2D eigenvalue weighted by Crippen LogP contribution is -2.07. The molecule has 4 nitrogen and oxygen atoms in total. The highest BCUT2D eigenvalue weighted by molar-refractivity contribution is 7.98. The normalized spacial score (nSPS) is 10.9. The smallest absolute Gasteiger partial charge is 0.248 e. The second-order valence-corrected chi connectivity index (χ2v) is 5.98. The number of rotatable bonds is 5. The van der Waals surface area contributed by atoms with Crippen LogP contribution in [0.5, 0.6) is 0 Å². The lowest BCUT2D eigenvalue weighted by atomic mass is 10.3. The fraction of sp³-hybridized carbons (Fsp3) is 0.0526. The summed E-state index contributed by atoms with van der Waals surface area (Å²) in [6.45, 7) is 0. The molecule has 1 heterocycles. The summed E-state index contributed by atoms with van der Waals surface area (Å²) in [7, 11) is 0. The van der Waals surface area contributed by atoms with Crippen molar-refractivity contribution < 1.29 is 4.79 Å². The second kappa shape index (κ2) is 7.66. The van der Waals surface area contributed by atoms with Crippen LogP contribution in [-0.4, -0.2) is 21.9 Å². The summed E-state index contributed by atoms with van der Waals surface area (Å²) >= 11 is 1.67. The fourth-order valence-electron chi connectivity index (χ4n) is 2.17. The van der Waals surface area contributed by atoms with Gasteiger partial charge in [0.1, 0.15) is 0 Å². The zero-order valence-corrected chi connectivity index (χ0v) is 14.0. The van der Waals surface area contributed by atoms with Gasteiger partial charge in [-0.05, 0) is 48.7 Å². The van der Waals surface area contributed by atoms with Gasteiger partial charge in [-0.15, -0.1) is 11.8 Å². The van der Waals surface area contributed by atoms with E-state index in [0.717, 1.165) is 21.8 Å². The van der Waals surface area contributed by atoms with E-state index >= 15 is 0 Å². The molecule has 24 heavy (non-hydrogen) atoms. The predicted molar refractivity (Wildman–Crippen MR) is 99.5 cm³/mol. The van der Waals surface area contributed by atoms with Gasteiger partial charge in [-0.3, -0.25) is 4.79 Å². The molecule has 1 N–H and O–H groups in total. The Morgan fingerprint density at radius 2 is 1.88 bits per heavy atom. The summed E-state index contributed by atoms with van der Waals surface area (Å²) in [5.74, 6) is -0.167. The van der Waals surface area contributed by atoms with Crippen molar-refractivity contribution in [3.63, 3.8) is 0 Å².